The number of hydrogen-bond acceptors (Lipinski definition) is 19. The highest BCUT2D eigenvalue weighted by Gasteiger charge is 2.42. The van der Waals surface area contributed by atoms with Crippen molar-refractivity contribution in [1.29, 1.82) is 0 Å². The van der Waals surface area contributed by atoms with Gasteiger partial charge in [-0.15, -0.1) is 0 Å². The Morgan fingerprint density at radius 1 is 0.620 bits per heavy atom. The quantitative estimate of drug-likeness (QED) is 0.0295. The van der Waals surface area contributed by atoms with Crippen molar-refractivity contribution in [2.24, 2.45) is 11.8 Å². The molecule has 5 fully saturated rings. The highest BCUT2D eigenvalue weighted by atomic mass is 32.2. The van der Waals surface area contributed by atoms with Gasteiger partial charge in [0.2, 0.25) is 0 Å². The van der Waals surface area contributed by atoms with Crippen molar-refractivity contribution in [2.45, 2.75) is 94.5 Å². The average molecular weight is 759 g/mol. The van der Waals surface area contributed by atoms with Gasteiger partial charge < -0.3 is 14.6 Å². The zero-order valence-electron chi connectivity index (χ0n) is 28.3. The molecule has 0 amide bonds. The molecule has 0 spiro atoms. The molecule has 2 saturated carbocycles. The maximum atomic E-state index is 11.3. The molecule has 0 bridgehead atoms. The third-order valence-electron chi connectivity index (χ3n) is 9.65. The van der Waals surface area contributed by atoms with E-state index in [0.717, 1.165) is 45.1 Å². The second kappa shape index (κ2) is 19.5. The van der Waals surface area contributed by atoms with Gasteiger partial charge in [0.15, 0.2) is 0 Å². The Morgan fingerprint density at radius 3 is 1.50 bits per heavy atom. The minimum Gasteiger partial charge on any atom is -0.394 e. The number of aliphatic hydroxyl groups excluding tert-OH is 1. The zero-order valence-corrected chi connectivity index (χ0v) is 29.9. The largest absolute Gasteiger partial charge is 0.394 e. The van der Waals surface area contributed by atoms with Gasteiger partial charge in [0, 0.05) is 38.3 Å². The van der Waals surface area contributed by atoms with Gasteiger partial charge in [-0.3, -0.25) is 72.9 Å². The van der Waals surface area contributed by atoms with Crippen molar-refractivity contribution in [3.63, 3.8) is 0 Å². The fraction of sp³-hybridized carbons (Fsp3) is 1.00. The van der Waals surface area contributed by atoms with Crippen molar-refractivity contribution in [3.8, 4) is 0 Å². The van der Waals surface area contributed by atoms with Gasteiger partial charge in [-0.25, -0.2) is 0 Å². The first-order chi connectivity index (χ1) is 23.9. The molecule has 11 unspecified atom stereocenters. The summed E-state index contributed by atoms with van der Waals surface area (Å²) in [6, 6.07) is 0.439. The molecule has 5 aliphatic rings. The fourth-order valence-corrected chi connectivity index (χ4v) is 8.09. The van der Waals surface area contributed by atoms with Gasteiger partial charge in [0.05, 0.1) is 44.0 Å². The van der Waals surface area contributed by atoms with Gasteiger partial charge in [-0.05, 0) is 37.5 Å². The zero-order chi connectivity index (χ0) is 35.6. The summed E-state index contributed by atoms with van der Waals surface area (Å²) in [4.78, 5) is 0. The number of ether oxygens (including phenoxy) is 2. The standard InChI is InChI=1S/C27H58N12O9S2/c40-10-12-47-11-7-28-22-34-23(29-8-13-49(41,42)43)37-26(36-22)32-20-5-1-4-19-18(20)3-2-6-21(19)33-27-38-24(30-9-14-50(44,45)46)35-25(39-27)31-15-17-16-48-17/h17-40H,1-16H2,(H,41,42,43)(H,44,45,46). The lowest BCUT2D eigenvalue weighted by molar-refractivity contribution is 0.0421. The second-order valence-corrected chi connectivity index (χ2v) is 16.6. The number of nitrogens with one attached hydrogen (secondary N) is 12. The number of aliphatic hydroxyl groups is 1. The Hall–Kier alpha value is -0.780. The Balaban J connectivity index is 1.17. The maximum absolute atomic E-state index is 11.3. The summed E-state index contributed by atoms with van der Waals surface area (Å²) in [5, 5.41) is 50.0. The van der Waals surface area contributed by atoms with Crippen LogP contribution in [0.1, 0.15) is 38.5 Å². The van der Waals surface area contributed by atoms with E-state index in [1.165, 1.54) is 0 Å². The van der Waals surface area contributed by atoms with E-state index < -0.39 is 44.3 Å². The predicted molar refractivity (Wildman–Crippen MR) is 183 cm³/mol. The Morgan fingerprint density at radius 2 is 1.06 bits per heavy atom. The van der Waals surface area contributed by atoms with Crippen molar-refractivity contribution < 1.29 is 40.5 Å². The summed E-state index contributed by atoms with van der Waals surface area (Å²) in [7, 11) is -8.20. The Labute approximate surface area is 294 Å². The van der Waals surface area contributed by atoms with E-state index in [2.05, 4.69) is 63.8 Å². The molecule has 3 heterocycles. The smallest absolute Gasteiger partial charge is 0.266 e. The van der Waals surface area contributed by atoms with Gasteiger partial charge in [-0.2, -0.15) is 16.8 Å². The summed E-state index contributed by atoms with van der Waals surface area (Å²) < 4.78 is 74.2. The van der Waals surface area contributed by atoms with Gasteiger partial charge >= 0.3 is 0 Å². The van der Waals surface area contributed by atoms with Crippen LogP contribution in [-0.2, 0) is 29.7 Å². The van der Waals surface area contributed by atoms with Crippen LogP contribution in [-0.4, -0.2) is 151 Å². The van der Waals surface area contributed by atoms with Gasteiger partial charge in [0.25, 0.3) is 20.2 Å². The van der Waals surface area contributed by atoms with Crippen molar-refractivity contribution >= 4 is 20.2 Å². The lowest BCUT2D eigenvalue weighted by Crippen LogP contribution is -2.79. The molecular formula is C27H58N12O9S2. The number of fused-ring (bicyclic) bond motifs is 1. The SMILES string of the molecule is O=S(=O)(O)CCNC1NC(NCCOCCO)NC(NC2CCCC3C(NC4NC(NCCS(=O)(=O)O)NC(NCC5CO5)N4)CCCC23)N1. The molecule has 50 heavy (non-hydrogen) atoms. The molecule has 11 atom stereocenters. The van der Waals surface area contributed by atoms with Crippen LogP contribution in [0.2, 0.25) is 0 Å². The van der Waals surface area contributed by atoms with Crippen molar-refractivity contribution in [2.75, 3.05) is 64.1 Å². The van der Waals surface area contributed by atoms with E-state index in [0.29, 0.717) is 31.5 Å². The van der Waals surface area contributed by atoms with Gasteiger partial charge in [0.1, 0.15) is 37.7 Å². The normalized spacial score (nSPS) is 36.6. The summed E-state index contributed by atoms with van der Waals surface area (Å²) in [6.07, 6.45) is 4.38. The molecule has 292 valence electrons. The molecule has 0 radical (unpaired) electrons. The van der Waals surface area contributed by atoms with E-state index >= 15 is 0 Å². The lowest BCUT2D eigenvalue weighted by Gasteiger charge is -2.50. The minimum atomic E-state index is -4.11. The third-order valence-corrected chi connectivity index (χ3v) is 11.1. The summed E-state index contributed by atoms with van der Waals surface area (Å²) in [5.41, 5.74) is 0. The van der Waals surface area contributed by atoms with Crippen LogP contribution < -0.4 is 63.8 Å². The molecule has 15 N–H and O–H groups in total. The van der Waals surface area contributed by atoms with E-state index in [1.807, 2.05) is 0 Å². The van der Waals surface area contributed by atoms with Crippen LogP contribution in [0, 0.1) is 11.8 Å². The highest BCUT2D eigenvalue weighted by Crippen LogP contribution is 2.41. The second-order valence-electron chi connectivity index (χ2n) is 13.5. The summed E-state index contributed by atoms with van der Waals surface area (Å²) >= 11 is 0. The van der Waals surface area contributed by atoms with E-state index in [4.69, 9.17) is 14.6 Å². The lowest BCUT2D eigenvalue weighted by atomic mass is 9.66. The molecule has 21 nitrogen and oxygen atoms in total. The third kappa shape index (κ3) is 14.2. The first kappa shape index (κ1) is 40.4. The predicted octanol–water partition coefficient (Wildman–Crippen LogP) is -5.69. The summed E-state index contributed by atoms with van der Waals surface area (Å²) in [6.45, 7) is 2.63. The Kier molecular flexibility index (Phi) is 15.8. The molecule has 0 aromatic heterocycles. The van der Waals surface area contributed by atoms with Crippen LogP contribution in [0.25, 0.3) is 0 Å². The van der Waals surface area contributed by atoms with Crippen molar-refractivity contribution in [3.05, 3.63) is 0 Å². The molecule has 0 aromatic rings. The van der Waals surface area contributed by atoms with E-state index in [9.17, 15) is 25.9 Å². The number of epoxide rings is 1. The van der Waals surface area contributed by atoms with E-state index in [-0.39, 0.29) is 69.6 Å². The van der Waals surface area contributed by atoms with E-state index in [1.54, 1.807) is 0 Å². The van der Waals surface area contributed by atoms with Crippen LogP contribution in [0.3, 0.4) is 0 Å². The molecule has 2 aliphatic carbocycles. The number of rotatable bonds is 21. The topological polar surface area (TPSA) is 295 Å². The van der Waals surface area contributed by atoms with Crippen LogP contribution in [0.4, 0.5) is 0 Å². The Bertz CT molecular complexity index is 1240. The fourth-order valence-electron chi connectivity index (χ4n) is 7.34. The summed E-state index contributed by atoms with van der Waals surface area (Å²) in [5.74, 6) is 0.00317. The monoisotopic (exact) mass is 758 g/mol. The molecule has 23 heteroatoms. The average Bonchev–Trinajstić information content (AvgIpc) is 3.88. The minimum absolute atomic E-state index is 0.0461. The van der Waals surface area contributed by atoms with Crippen LogP contribution >= 0.6 is 0 Å². The first-order valence-electron chi connectivity index (χ1n) is 17.7. The molecule has 5 rings (SSSR count). The molecule has 3 saturated heterocycles. The molecular weight excluding hydrogens is 701 g/mol. The van der Waals surface area contributed by atoms with Crippen LogP contribution in [0.5, 0.6) is 0 Å². The molecule has 0 aromatic carbocycles. The number of hydrogen-bond donors (Lipinski definition) is 15. The van der Waals surface area contributed by atoms with Crippen LogP contribution in [0.15, 0.2) is 0 Å². The maximum Gasteiger partial charge on any atom is 0.266 e. The van der Waals surface area contributed by atoms with Gasteiger partial charge in [-0.1, -0.05) is 12.8 Å². The van der Waals surface area contributed by atoms with Crippen molar-refractivity contribution in [1.82, 2.24) is 63.8 Å². The highest BCUT2D eigenvalue weighted by molar-refractivity contribution is 7.86. The molecule has 3 aliphatic heterocycles. The first-order valence-corrected chi connectivity index (χ1v) is 20.9.